The van der Waals surface area contributed by atoms with E-state index in [1.54, 1.807) is 6.92 Å². The van der Waals surface area contributed by atoms with Crippen molar-refractivity contribution in [3.8, 4) is 0 Å². The Morgan fingerprint density at radius 2 is 1.52 bits per heavy atom. The normalized spacial score (nSPS) is 13.2. The average molecular weight is 444 g/mol. The molecular weight excluding hydrogens is 405 g/mol. The summed E-state index contributed by atoms with van der Waals surface area (Å²) in [7, 11) is -4.76. The van der Waals surface area contributed by atoms with Crippen LogP contribution in [0.5, 0.6) is 0 Å². The molecule has 0 aliphatic heterocycles. The smallest absolute Gasteiger partial charge is 0.745 e. The number of unbranched alkanes of at least 4 members (excludes halogenated alkanes) is 6. The van der Waals surface area contributed by atoms with Crippen molar-refractivity contribution in [3.63, 3.8) is 0 Å². The molecule has 0 heterocycles. The molecule has 1 N–H and O–H groups in total. The molecule has 0 saturated heterocycles. The maximum absolute atomic E-state index is 12.0. The first-order valence-corrected chi connectivity index (χ1v) is 12.1. The van der Waals surface area contributed by atoms with Crippen molar-refractivity contribution in [1.82, 2.24) is 5.32 Å². The monoisotopic (exact) mass is 443 g/mol. The van der Waals surface area contributed by atoms with Gasteiger partial charge in [-0.2, -0.15) is 0 Å². The van der Waals surface area contributed by atoms with Crippen LogP contribution in [0.1, 0.15) is 97.8 Å². The van der Waals surface area contributed by atoms with E-state index in [9.17, 15) is 22.6 Å². The summed E-state index contributed by atoms with van der Waals surface area (Å²) in [5, 5.41) is 2.75. The van der Waals surface area contributed by atoms with Crippen LogP contribution >= 0.6 is 0 Å². The molecule has 2 atom stereocenters. The van der Waals surface area contributed by atoms with Crippen molar-refractivity contribution >= 4 is 22.0 Å². The van der Waals surface area contributed by atoms with Crippen molar-refractivity contribution in [2.75, 3.05) is 6.54 Å². The van der Waals surface area contributed by atoms with Crippen LogP contribution in [-0.2, 0) is 24.4 Å². The second kappa shape index (κ2) is 18.6. The summed E-state index contributed by atoms with van der Waals surface area (Å²) >= 11 is 0. The van der Waals surface area contributed by atoms with Gasteiger partial charge >= 0.3 is 35.5 Å². The van der Waals surface area contributed by atoms with E-state index < -0.39 is 27.4 Å². The fraction of sp³-hybridized carbons (Fsp3) is 0.900. The molecule has 0 bridgehead atoms. The van der Waals surface area contributed by atoms with Gasteiger partial charge in [-0.1, -0.05) is 65.7 Å². The van der Waals surface area contributed by atoms with Gasteiger partial charge in [0.1, 0.15) is 10.1 Å². The number of carbonyl (C=O) groups is 2. The predicted molar refractivity (Wildman–Crippen MR) is 109 cm³/mol. The van der Waals surface area contributed by atoms with E-state index in [4.69, 9.17) is 4.74 Å². The van der Waals surface area contributed by atoms with Crippen molar-refractivity contribution in [3.05, 3.63) is 0 Å². The fourth-order valence-electron chi connectivity index (χ4n) is 3.02. The molecule has 0 aromatic carbocycles. The molecule has 7 nitrogen and oxygen atoms in total. The van der Waals surface area contributed by atoms with Gasteiger partial charge in [-0.15, -0.1) is 0 Å². The van der Waals surface area contributed by atoms with E-state index in [-0.39, 0.29) is 48.3 Å². The van der Waals surface area contributed by atoms with Gasteiger partial charge in [0, 0.05) is 18.9 Å². The van der Waals surface area contributed by atoms with Crippen LogP contribution in [0, 0.1) is 5.92 Å². The van der Waals surface area contributed by atoms with E-state index in [0.717, 1.165) is 32.1 Å². The van der Waals surface area contributed by atoms with Crippen LogP contribution in [0.25, 0.3) is 0 Å². The van der Waals surface area contributed by atoms with Crippen LogP contribution in [0.2, 0.25) is 0 Å². The maximum atomic E-state index is 12.0. The zero-order valence-electron chi connectivity index (χ0n) is 18.7. The molecule has 166 valence electrons. The molecule has 0 spiro atoms. The summed E-state index contributed by atoms with van der Waals surface area (Å²) < 4.78 is 39.6. The summed E-state index contributed by atoms with van der Waals surface area (Å²) in [6, 6.07) is 0. The molecular formula is C20H38NNaO6S. The van der Waals surface area contributed by atoms with Gasteiger partial charge in [-0.3, -0.25) is 9.59 Å². The third kappa shape index (κ3) is 16.2. The Kier molecular flexibility index (Phi) is 19.9. The number of carbonyl (C=O) groups excluding carboxylic acids is 2. The average Bonchev–Trinajstić information content (AvgIpc) is 2.64. The first-order chi connectivity index (χ1) is 13.3. The summed E-state index contributed by atoms with van der Waals surface area (Å²) in [4.78, 5) is 23.8. The van der Waals surface area contributed by atoms with Crippen molar-refractivity contribution in [2.24, 2.45) is 5.92 Å². The Balaban J connectivity index is 0. The van der Waals surface area contributed by atoms with Gasteiger partial charge in [-0.25, -0.2) is 8.42 Å². The fourth-order valence-corrected chi connectivity index (χ4v) is 4.04. The molecule has 0 rings (SSSR count). The molecule has 0 aromatic rings. The molecule has 1 amide bonds. The van der Waals surface area contributed by atoms with E-state index in [2.05, 4.69) is 12.2 Å². The predicted octanol–water partition coefficient (Wildman–Crippen LogP) is 0.878. The number of amides is 1. The molecule has 2 unspecified atom stereocenters. The summed E-state index contributed by atoms with van der Waals surface area (Å²) in [6.45, 7) is 6.45. The van der Waals surface area contributed by atoms with E-state index in [1.165, 1.54) is 19.3 Å². The van der Waals surface area contributed by atoms with Crippen molar-refractivity contribution < 1.29 is 56.9 Å². The largest absolute Gasteiger partial charge is 1.00 e. The van der Waals surface area contributed by atoms with Gasteiger partial charge in [0.25, 0.3) is 0 Å². The third-order valence-electron chi connectivity index (χ3n) is 4.78. The number of rotatable bonds is 17. The minimum absolute atomic E-state index is 0. The molecule has 0 fully saturated rings. The van der Waals surface area contributed by atoms with Crippen LogP contribution in [0.3, 0.4) is 0 Å². The Bertz CT molecular complexity index is 541. The van der Waals surface area contributed by atoms with Crippen LogP contribution in [-0.4, -0.2) is 36.8 Å². The zero-order chi connectivity index (χ0) is 21.4. The van der Waals surface area contributed by atoms with Gasteiger partial charge < -0.3 is 14.6 Å². The molecule has 0 aliphatic rings. The minimum Gasteiger partial charge on any atom is -0.745 e. The van der Waals surface area contributed by atoms with Crippen molar-refractivity contribution in [1.29, 1.82) is 0 Å². The Labute approximate surface area is 199 Å². The van der Waals surface area contributed by atoms with Crippen LogP contribution in [0.15, 0.2) is 0 Å². The van der Waals surface area contributed by atoms with E-state index >= 15 is 0 Å². The topological polar surface area (TPSA) is 113 Å². The summed E-state index contributed by atoms with van der Waals surface area (Å²) in [5.41, 5.74) is -1.68. The third-order valence-corrected chi connectivity index (χ3v) is 5.83. The molecule has 0 radical (unpaired) electrons. The SMILES string of the molecule is CCCCCCCCNC(=O)CCC(=O)OC(C(CC)CCCC)S(=O)(=O)[O-].[Na+]. The quantitative estimate of drug-likeness (QED) is 0.155. The van der Waals surface area contributed by atoms with E-state index in [1.807, 2.05) is 6.92 Å². The molecule has 0 saturated carbocycles. The van der Waals surface area contributed by atoms with Gasteiger partial charge in [0.15, 0.2) is 5.44 Å². The summed E-state index contributed by atoms with van der Waals surface area (Å²) in [6.07, 6.45) is 8.96. The molecule has 29 heavy (non-hydrogen) atoms. The first kappa shape index (κ1) is 31.0. The zero-order valence-corrected chi connectivity index (χ0v) is 21.5. The second-order valence-corrected chi connectivity index (χ2v) is 8.73. The minimum atomic E-state index is -4.76. The van der Waals surface area contributed by atoms with Crippen LogP contribution < -0.4 is 34.9 Å². The number of hydrogen-bond donors (Lipinski definition) is 1. The number of esters is 1. The van der Waals surface area contributed by atoms with Crippen molar-refractivity contribution in [2.45, 2.75) is 103 Å². The van der Waals surface area contributed by atoms with Crippen LogP contribution in [0.4, 0.5) is 0 Å². The number of hydrogen-bond acceptors (Lipinski definition) is 6. The van der Waals surface area contributed by atoms with Gasteiger partial charge in [-0.05, 0) is 19.3 Å². The Morgan fingerprint density at radius 3 is 2.07 bits per heavy atom. The maximum Gasteiger partial charge on any atom is 1.00 e. The molecule has 9 heteroatoms. The number of nitrogens with one attached hydrogen (secondary N) is 1. The second-order valence-electron chi connectivity index (χ2n) is 7.28. The summed E-state index contributed by atoms with van der Waals surface area (Å²) in [5.74, 6) is -1.62. The number of ether oxygens (including phenoxy) is 1. The van der Waals surface area contributed by atoms with Gasteiger partial charge in [0.2, 0.25) is 5.91 Å². The Morgan fingerprint density at radius 1 is 0.931 bits per heavy atom. The first-order valence-electron chi connectivity index (χ1n) is 10.7. The van der Waals surface area contributed by atoms with E-state index in [0.29, 0.717) is 19.4 Å². The Hall–Kier alpha value is -0.150. The van der Waals surface area contributed by atoms with Gasteiger partial charge in [0.05, 0.1) is 6.42 Å². The standard InChI is InChI=1S/C20H39NO6S.Na/c1-4-7-9-10-11-12-16-21-18(22)14-15-19(23)27-20(28(24,25)26)17(6-3)13-8-5-2;/h17,20H,4-16H2,1-3H3,(H,21,22)(H,24,25,26);/q;+1/p-1. The molecule has 0 aromatic heterocycles. The molecule has 0 aliphatic carbocycles.